The number of likely N-dealkylation sites (tertiary alicyclic amines) is 1. The number of nitrogens with one attached hydrogen (secondary N) is 1. The van der Waals surface area contributed by atoms with Crippen molar-refractivity contribution in [2.24, 2.45) is 5.73 Å². The normalized spacial score (nSPS) is 21.7. The fourth-order valence-corrected chi connectivity index (χ4v) is 2.77. The summed E-state index contributed by atoms with van der Waals surface area (Å²) in [5, 5.41) is 21.4. The molecule has 2 atom stereocenters. The van der Waals surface area contributed by atoms with Crippen LogP contribution in [0.25, 0.3) is 0 Å². The van der Waals surface area contributed by atoms with Gasteiger partial charge >= 0.3 is 5.97 Å². The number of aromatic carboxylic acids is 1. The first-order chi connectivity index (χ1) is 10.4. The predicted octanol–water partition coefficient (Wildman–Crippen LogP) is 0.128. The highest BCUT2D eigenvalue weighted by atomic mass is 16.4. The molecule has 1 heterocycles. The third-order valence-corrected chi connectivity index (χ3v) is 3.77. The summed E-state index contributed by atoms with van der Waals surface area (Å²) in [7, 11) is 0. The molecule has 2 rings (SSSR count). The molecule has 0 spiro atoms. The number of amides is 1. The highest BCUT2D eigenvalue weighted by Gasteiger charge is 2.34. The Hall–Kier alpha value is -2.12. The van der Waals surface area contributed by atoms with Crippen LogP contribution in [-0.4, -0.2) is 52.2 Å². The second kappa shape index (κ2) is 6.76. The van der Waals surface area contributed by atoms with Crippen LogP contribution in [0.15, 0.2) is 18.2 Å². The summed E-state index contributed by atoms with van der Waals surface area (Å²) < 4.78 is 0. The van der Waals surface area contributed by atoms with Gasteiger partial charge in [-0.25, -0.2) is 4.79 Å². The summed E-state index contributed by atoms with van der Waals surface area (Å²) in [6.45, 7) is 3.40. The standard InChI is InChI=1S/C15H21N3O4/c1-2-17-14(20)12-6-10(16)8-18(12)7-9-3-4-13(19)11(5-9)15(21)22/h3-5,10,12,19H,2,6-8,16H2,1H3,(H,17,20)(H,21,22)/t10-,12-/m0/s1. The van der Waals surface area contributed by atoms with E-state index in [1.807, 2.05) is 11.8 Å². The average molecular weight is 307 g/mol. The number of hydrogen-bond donors (Lipinski definition) is 4. The lowest BCUT2D eigenvalue weighted by molar-refractivity contribution is -0.125. The third-order valence-electron chi connectivity index (χ3n) is 3.77. The first-order valence-corrected chi connectivity index (χ1v) is 7.25. The predicted molar refractivity (Wildman–Crippen MR) is 80.5 cm³/mol. The molecule has 1 aliphatic rings. The Kier molecular flexibility index (Phi) is 4.99. The number of nitrogens with two attached hydrogens (primary N) is 1. The van der Waals surface area contributed by atoms with Crippen LogP contribution in [0.5, 0.6) is 5.75 Å². The summed E-state index contributed by atoms with van der Waals surface area (Å²) in [6.07, 6.45) is 0.579. The maximum Gasteiger partial charge on any atom is 0.339 e. The Bertz CT molecular complexity index is 576. The van der Waals surface area contributed by atoms with Gasteiger partial charge in [0.15, 0.2) is 0 Å². The molecule has 1 saturated heterocycles. The summed E-state index contributed by atoms with van der Waals surface area (Å²) in [5.74, 6) is -1.51. The molecule has 5 N–H and O–H groups in total. The van der Waals surface area contributed by atoms with Gasteiger partial charge in [0.2, 0.25) is 5.91 Å². The van der Waals surface area contributed by atoms with Crippen molar-refractivity contribution >= 4 is 11.9 Å². The average Bonchev–Trinajstić information content (AvgIpc) is 2.82. The van der Waals surface area contributed by atoms with Crippen LogP contribution in [-0.2, 0) is 11.3 Å². The van der Waals surface area contributed by atoms with E-state index < -0.39 is 5.97 Å². The van der Waals surface area contributed by atoms with Crippen molar-refractivity contribution < 1.29 is 19.8 Å². The fraction of sp³-hybridized carbons (Fsp3) is 0.467. The molecule has 22 heavy (non-hydrogen) atoms. The molecule has 120 valence electrons. The smallest absolute Gasteiger partial charge is 0.339 e. The van der Waals surface area contributed by atoms with Crippen LogP contribution in [0.3, 0.4) is 0 Å². The van der Waals surface area contributed by atoms with Crippen LogP contribution in [0, 0.1) is 0 Å². The molecule has 0 unspecified atom stereocenters. The van der Waals surface area contributed by atoms with E-state index >= 15 is 0 Å². The molecule has 1 aromatic carbocycles. The minimum absolute atomic E-state index is 0.0623. The molecular weight excluding hydrogens is 286 g/mol. The topological polar surface area (TPSA) is 116 Å². The molecular formula is C15H21N3O4. The van der Waals surface area contributed by atoms with E-state index in [1.54, 1.807) is 6.07 Å². The summed E-state index contributed by atoms with van der Waals surface area (Å²) in [5.41, 5.74) is 6.53. The molecule has 7 heteroatoms. The molecule has 0 aromatic heterocycles. The first-order valence-electron chi connectivity index (χ1n) is 7.25. The van der Waals surface area contributed by atoms with Crippen molar-refractivity contribution in [3.8, 4) is 5.75 Å². The Morgan fingerprint density at radius 2 is 2.18 bits per heavy atom. The van der Waals surface area contributed by atoms with Gasteiger partial charge in [-0.3, -0.25) is 9.69 Å². The highest BCUT2D eigenvalue weighted by Crippen LogP contribution is 2.23. The number of rotatable bonds is 5. The van der Waals surface area contributed by atoms with Gasteiger partial charge in [-0.1, -0.05) is 6.07 Å². The van der Waals surface area contributed by atoms with Gasteiger partial charge < -0.3 is 21.3 Å². The number of phenols is 1. The lowest BCUT2D eigenvalue weighted by Crippen LogP contribution is -2.42. The lowest BCUT2D eigenvalue weighted by atomic mass is 10.1. The van der Waals surface area contributed by atoms with E-state index in [2.05, 4.69) is 5.32 Å². The first kappa shape index (κ1) is 16.3. The Morgan fingerprint density at radius 1 is 1.45 bits per heavy atom. The van der Waals surface area contributed by atoms with Crippen molar-refractivity contribution in [3.63, 3.8) is 0 Å². The van der Waals surface area contributed by atoms with Gasteiger partial charge in [0.05, 0.1) is 6.04 Å². The second-order valence-corrected chi connectivity index (χ2v) is 5.49. The molecule has 1 aliphatic heterocycles. The van der Waals surface area contributed by atoms with Crippen LogP contribution < -0.4 is 11.1 Å². The molecule has 1 fully saturated rings. The highest BCUT2D eigenvalue weighted by molar-refractivity contribution is 5.90. The molecule has 0 aliphatic carbocycles. The van der Waals surface area contributed by atoms with Gasteiger partial charge in [0, 0.05) is 25.7 Å². The maximum absolute atomic E-state index is 12.1. The van der Waals surface area contributed by atoms with Crippen molar-refractivity contribution in [1.82, 2.24) is 10.2 Å². The van der Waals surface area contributed by atoms with Gasteiger partial charge in [0.1, 0.15) is 11.3 Å². The van der Waals surface area contributed by atoms with Gasteiger partial charge in [0.25, 0.3) is 0 Å². The number of nitrogens with zero attached hydrogens (tertiary/aromatic N) is 1. The van der Waals surface area contributed by atoms with Crippen molar-refractivity contribution in [2.75, 3.05) is 13.1 Å². The molecule has 1 amide bonds. The number of benzene rings is 1. The lowest BCUT2D eigenvalue weighted by Gasteiger charge is -2.23. The third kappa shape index (κ3) is 3.55. The zero-order chi connectivity index (χ0) is 16.3. The van der Waals surface area contributed by atoms with Crippen molar-refractivity contribution in [2.45, 2.75) is 32.0 Å². The van der Waals surface area contributed by atoms with E-state index in [0.717, 1.165) is 5.56 Å². The van der Waals surface area contributed by atoms with Crippen LogP contribution in [0.1, 0.15) is 29.3 Å². The van der Waals surface area contributed by atoms with E-state index in [9.17, 15) is 14.7 Å². The zero-order valence-corrected chi connectivity index (χ0v) is 12.5. The minimum Gasteiger partial charge on any atom is -0.507 e. The van der Waals surface area contributed by atoms with E-state index in [0.29, 0.717) is 26.1 Å². The SMILES string of the molecule is CCNC(=O)[C@@H]1C[C@H](N)CN1Cc1ccc(O)c(C(=O)O)c1. The largest absolute Gasteiger partial charge is 0.507 e. The van der Waals surface area contributed by atoms with Crippen molar-refractivity contribution in [3.05, 3.63) is 29.3 Å². The summed E-state index contributed by atoms with van der Waals surface area (Å²) in [6, 6.07) is 4.05. The van der Waals surface area contributed by atoms with E-state index in [1.165, 1.54) is 12.1 Å². The molecule has 0 saturated carbocycles. The quantitative estimate of drug-likeness (QED) is 0.614. The zero-order valence-electron chi connectivity index (χ0n) is 12.5. The van der Waals surface area contributed by atoms with Crippen LogP contribution in [0.4, 0.5) is 0 Å². The second-order valence-electron chi connectivity index (χ2n) is 5.49. The van der Waals surface area contributed by atoms with E-state index in [4.69, 9.17) is 10.8 Å². The van der Waals surface area contributed by atoms with E-state index in [-0.39, 0.29) is 29.3 Å². The maximum atomic E-state index is 12.1. The number of carboxylic acid groups (broad SMARTS) is 1. The summed E-state index contributed by atoms with van der Waals surface area (Å²) >= 11 is 0. The number of hydrogen-bond acceptors (Lipinski definition) is 5. The molecule has 7 nitrogen and oxygen atoms in total. The Labute approximate surface area is 128 Å². The molecule has 0 bridgehead atoms. The van der Waals surface area contributed by atoms with Crippen LogP contribution >= 0.6 is 0 Å². The Morgan fingerprint density at radius 3 is 2.82 bits per heavy atom. The number of carboxylic acids is 1. The number of carbonyl (C=O) groups is 2. The monoisotopic (exact) mass is 307 g/mol. The number of carbonyl (C=O) groups excluding carboxylic acids is 1. The number of aromatic hydroxyl groups is 1. The molecule has 1 aromatic rings. The summed E-state index contributed by atoms with van der Waals surface area (Å²) in [4.78, 5) is 25.1. The van der Waals surface area contributed by atoms with Gasteiger partial charge in [-0.2, -0.15) is 0 Å². The molecule has 0 radical (unpaired) electrons. The number of likely N-dealkylation sites (N-methyl/N-ethyl adjacent to an activating group) is 1. The Balaban J connectivity index is 2.16. The van der Waals surface area contributed by atoms with Crippen LogP contribution in [0.2, 0.25) is 0 Å². The van der Waals surface area contributed by atoms with Gasteiger partial charge in [-0.05, 0) is 31.0 Å². The minimum atomic E-state index is -1.18. The van der Waals surface area contributed by atoms with Gasteiger partial charge in [-0.15, -0.1) is 0 Å². The fourth-order valence-electron chi connectivity index (χ4n) is 2.77. The van der Waals surface area contributed by atoms with Crippen molar-refractivity contribution in [1.29, 1.82) is 0 Å².